The smallest absolute Gasteiger partial charge is 0.322 e. The van der Waals surface area contributed by atoms with Gasteiger partial charge in [0.2, 0.25) is 23.6 Å². The van der Waals surface area contributed by atoms with Crippen molar-refractivity contribution in [1.82, 2.24) is 31.5 Å². The molecule has 0 saturated carbocycles. The van der Waals surface area contributed by atoms with Crippen molar-refractivity contribution in [3.63, 3.8) is 0 Å². The monoisotopic (exact) mass is 816 g/mol. The van der Waals surface area contributed by atoms with E-state index < -0.39 is 42.0 Å². The van der Waals surface area contributed by atoms with E-state index in [0.29, 0.717) is 38.8 Å². The van der Waals surface area contributed by atoms with Crippen molar-refractivity contribution >= 4 is 51.5 Å². The van der Waals surface area contributed by atoms with Crippen LogP contribution in [0.3, 0.4) is 0 Å². The minimum absolute atomic E-state index is 0.00570. The number of benzene rings is 1. The molecule has 0 fully saturated rings. The summed E-state index contributed by atoms with van der Waals surface area (Å²) in [5.41, 5.74) is 28.6. The third-order valence-electron chi connectivity index (χ3n) is 7.30. The number of esters is 1. The van der Waals surface area contributed by atoms with E-state index in [9.17, 15) is 28.8 Å². The number of amides is 4. The van der Waals surface area contributed by atoms with Crippen LogP contribution in [-0.4, -0.2) is 115 Å². The molecule has 4 atom stereocenters. The maximum absolute atomic E-state index is 12.3. The fourth-order valence-corrected chi connectivity index (χ4v) is 5.19. The van der Waals surface area contributed by atoms with Gasteiger partial charge in [0.25, 0.3) is 0 Å². The van der Waals surface area contributed by atoms with Crippen LogP contribution in [0.1, 0.15) is 71.3 Å². The summed E-state index contributed by atoms with van der Waals surface area (Å²) in [6.45, 7) is 6.21. The van der Waals surface area contributed by atoms with Crippen molar-refractivity contribution in [3.8, 4) is 0 Å². The number of carboxylic acid groups (broad SMARTS) is 1. The standard InChI is InChI=1S/C21H34BrN5O4.C13H27N5O4/c1-14(2)10-18(24)21(30)25-16(8-9-23)11-19(28)26-27(3)12-20(29)31-13-15-6-4-5-7-17(15)22;1-3-4-10(15)13(22)16-9(5-6-14)7-11(19)17-18(2)8-12(20)21/h4-7,14,16,18H,8-13,23-24H2,1-3H3,(H,25,30)(H,26,28);9-10H,3-8,14-15H2,1-2H3,(H,16,22)(H,17,19)(H,20,21)/t16-,18-;9-,10-/m00/s1. The SMILES string of the molecule is CC(C)C[C@H](N)C(=O)N[C@@H](CCN)CC(=O)NN(C)CC(=O)OCc1ccccc1Br.CCC[C@H](N)C(=O)N[C@@H](CCN)CC(=O)NN(C)CC(=O)O. The maximum Gasteiger partial charge on any atom is 0.322 e. The summed E-state index contributed by atoms with van der Waals surface area (Å²) >= 11 is 3.40. The number of nitrogens with zero attached hydrogens (tertiary/aromatic N) is 2. The van der Waals surface area contributed by atoms with Gasteiger partial charge in [-0.15, -0.1) is 0 Å². The van der Waals surface area contributed by atoms with Gasteiger partial charge in [0.1, 0.15) is 19.7 Å². The van der Waals surface area contributed by atoms with E-state index in [1.165, 1.54) is 12.1 Å². The number of hydrogen-bond donors (Lipinski definition) is 9. The average molecular weight is 818 g/mol. The van der Waals surface area contributed by atoms with Gasteiger partial charge in [-0.1, -0.05) is 61.3 Å². The first-order valence-corrected chi connectivity index (χ1v) is 18.3. The zero-order valence-electron chi connectivity index (χ0n) is 31.6. The molecule has 0 heterocycles. The van der Waals surface area contributed by atoms with E-state index in [1.54, 1.807) is 7.05 Å². The lowest BCUT2D eigenvalue weighted by molar-refractivity contribution is -0.147. The largest absolute Gasteiger partial charge is 0.480 e. The summed E-state index contributed by atoms with van der Waals surface area (Å²) in [4.78, 5) is 70.8. The number of halogens is 1. The lowest BCUT2D eigenvalue weighted by Crippen LogP contribution is -2.49. The highest BCUT2D eigenvalue weighted by atomic mass is 79.9. The zero-order chi connectivity index (χ0) is 40.5. The van der Waals surface area contributed by atoms with Crippen LogP contribution in [0.15, 0.2) is 28.7 Å². The third kappa shape index (κ3) is 24.3. The van der Waals surface area contributed by atoms with Crippen LogP contribution in [0.25, 0.3) is 0 Å². The quantitative estimate of drug-likeness (QED) is 0.0467. The minimum atomic E-state index is -1.06. The number of ether oxygens (including phenoxy) is 1. The minimum Gasteiger partial charge on any atom is -0.480 e. The Labute approximate surface area is 320 Å². The van der Waals surface area contributed by atoms with E-state index in [0.717, 1.165) is 21.5 Å². The second-order valence-electron chi connectivity index (χ2n) is 13.0. The first kappa shape index (κ1) is 49.3. The van der Waals surface area contributed by atoms with Gasteiger partial charge < -0.3 is 43.4 Å². The van der Waals surface area contributed by atoms with Gasteiger partial charge in [0, 0.05) is 49.1 Å². The fraction of sp³-hybridized carbons (Fsp3) is 0.647. The van der Waals surface area contributed by atoms with Crippen molar-refractivity contribution < 1.29 is 38.6 Å². The second-order valence-corrected chi connectivity index (χ2v) is 13.9. The summed E-state index contributed by atoms with van der Waals surface area (Å²) < 4.78 is 6.09. The fourth-order valence-electron chi connectivity index (χ4n) is 4.79. The van der Waals surface area contributed by atoms with Crippen LogP contribution < -0.4 is 44.4 Å². The molecule has 18 nitrogen and oxygen atoms in total. The molecule has 0 spiro atoms. The summed E-state index contributed by atoms with van der Waals surface area (Å²) in [5, 5.41) is 16.6. The highest BCUT2D eigenvalue weighted by Crippen LogP contribution is 2.16. The van der Waals surface area contributed by atoms with E-state index in [-0.39, 0.29) is 56.2 Å². The number of carbonyl (C=O) groups excluding carboxylic acids is 5. The molecule has 302 valence electrons. The Bertz CT molecular complexity index is 1290. The number of nitrogens with one attached hydrogen (secondary N) is 4. The van der Waals surface area contributed by atoms with Gasteiger partial charge in [-0.2, -0.15) is 0 Å². The number of rotatable bonds is 24. The van der Waals surface area contributed by atoms with Crippen molar-refractivity contribution in [2.75, 3.05) is 40.3 Å². The van der Waals surface area contributed by atoms with Crippen LogP contribution in [0.5, 0.6) is 0 Å². The Morgan fingerprint density at radius 3 is 1.75 bits per heavy atom. The molecule has 4 amide bonds. The van der Waals surface area contributed by atoms with Gasteiger partial charge in [-0.25, -0.2) is 10.0 Å². The molecule has 0 bridgehead atoms. The Morgan fingerprint density at radius 1 is 0.811 bits per heavy atom. The molecule has 0 aliphatic rings. The zero-order valence-corrected chi connectivity index (χ0v) is 33.2. The predicted molar refractivity (Wildman–Crippen MR) is 204 cm³/mol. The van der Waals surface area contributed by atoms with Crippen molar-refractivity contribution in [2.24, 2.45) is 28.9 Å². The Hall–Kier alpha value is -3.72. The average Bonchev–Trinajstić information content (AvgIpc) is 3.04. The molecule has 1 aromatic carbocycles. The molecule has 0 saturated heterocycles. The van der Waals surface area contributed by atoms with Gasteiger partial charge in [0.15, 0.2) is 0 Å². The number of carboxylic acids is 1. The van der Waals surface area contributed by atoms with Gasteiger partial charge in [-0.3, -0.25) is 39.6 Å². The highest BCUT2D eigenvalue weighted by Gasteiger charge is 2.22. The summed E-state index contributed by atoms with van der Waals surface area (Å²) in [7, 11) is 3.01. The number of hydrogen-bond acceptors (Lipinski definition) is 13. The van der Waals surface area contributed by atoms with E-state index in [2.05, 4.69) is 37.4 Å². The maximum atomic E-state index is 12.3. The molecule has 0 aliphatic carbocycles. The van der Waals surface area contributed by atoms with Gasteiger partial charge in [0.05, 0.1) is 12.1 Å². The first-order chi connectivity index (χ1) is 24.9. The third-order valence-corrected chi connectivity index (χ3v) is 8.08. The Balaban J connectivity index is 0.00000108. The van der Waals surface area contributed by atoms with E-state index in [4.69, 9.17) is 32.8 Å². The first-order valence-electron chi connectivity index (χ1n) is 17.6. The second kappa shape index (κ2) is 27.8. The Kier molecular flexibility index (Phi) is 25.9. The number of carbonyl (C=O) groups is 6. The summed E-state index contributed by atoms with van der Waals surface area (Å²) in [6, 6.07) is 5.33. The lowest BCUT2D eigenvalue weighted by atomic mass is 10.0. The van der Waals surface area contributed by atoms with Crippen molar-refractivity contribution in [2.45, 2.75) is 96.5 Å². The molecule has 1 rings (SSSR count). The van der Waals surface area contributed by atoms with Crippen LogP contribution in [0.4, 0.5) is 0 Å². The van der Waals surface area contributed by atoms with Crippen LogP contribution in [0.2, 0.25) is 0 Å². The van der Waals surface area contributed by atoms with E-state index in [1.807, 2.05) is 45.0 Å². The molecule has 53 heavy (non-hydrogen) atoms. The van der Waals surface area contributed by atoms with Crippen LogP contribution in [0, 0.1) is 5.92 Å². The number of aliphatic carboxylic acids is 1. The molecule has 19 heteroatoms. The topological polar surface area (TPSA) is 291 Å². The Morgan fingerprint density at radius 2 is 1.30 bits per heavy atom. The number of nitrogens with two attached hydrogens (primary N) is 4. The normalized spacial score (nSPS) is 13.2. The summed E-state index contributed by atoms with van der Waals surface area (Å²) in [5.74, 6) is -2.61. The molecular formula is C34H61BrN10O8. The molecule has 0 aliphatic heterocycles. The lowest BCUT2D eigenvalue weighted by Gasteiger charge is -2.23. The molecule has 0 radical (unpaired) electrons. The highest BCUT2D eigenvalue weighted by molar-refractivity contribution is 9.10. The molecule has 0 unspecified atom stereocenters. The van der Waals surface area contributed by atoms with Gasteiger partial charge in [-0.05, 0) is 50.8 Å². The summed E-state index contributed by atoms with van der Waals surface area (Å²) in [6.07, 6.45) is 2.80. The predicted octanol–water partition coefficient (Wildman–Crippen LogP) is -0.562. The van der Waals surface area contributed by atoms with Crippen LogP contribution in [-0.2, 0) is 40.1 Å². The molecule has 13 N–H and O–H groups in total. The van der Waals surface area contributed by atoms with Crippen molar-refractivity contribution in [1.29, 1.82) is 0 Å². The number of likely N-dealkylation sites (N-methyl/N-ethyl adjacent to an activating group) is 2. The van der Waals surface area contributed by atoms with E-state index >= 15 is 0 Å². The molecule has 0 aromatic heterocycles. The van der Waals surface area contributed by atoms with Crippen LogP contribution >= 0.6 is 15.9 Å². The van der Waals surface area contributed by atoms with Gasteiger partial charge >= 0.3 is 11.9 Å². The molecule has 1 aromatic rings. The van der Waals surface area contributed by atoms with Crippen molar-refractivity contribution in [3.05, 3.63) is 34.3 Å². The number of hydrazine groups is 2. The molecular weight excluding hydrogens is 756 g/mol.